The molecule has 0 aliphatic rings. The molecule has 0 aliphatic heterocycles. The first kappa shape index (κ1) is 11.8. The van der Waals surface area contributed by atoms with Gasteiger partial charge in [-0.05, 0) is 12.5 Å². The molecule has 5 heteroatoms. The number of hydrogen-bond donors (Lipinski definition) is 1. The molecule has 0 atom stereocenters. The van der Waals surface area contributed by atoms with Gasteiger partial charge in [0.25, 0.3) is 0 Å². The second kappa shape index (κ2) is 5.14. The highest BCUT2D eigenvalue weighted by atomic mass is 16.4. The minimum Gasteiger partial charge on any atom is -0.464 e. The van der Waals surface area contributed by atoms with Crippen LogP contribution < -0.4 is 5.32 Å². The molecule has 0 spiro atoms. The van der Waals surface area contributed by atoms with Gasteiger partial charge < -0.3 is 14.2 Å². The van der Waals surface area contributed by atoms with Crippen molar-refractivity contribution in [3.8, 4) is 0 Å². The molecule has 1 aromatic carbocycles. The number of para-hydroxylation sites is 1. The first-order valence-corrected chi connectivity index (χ1v) is 6.38. The fourth-order valence-corrected chi connectivity index (χ4v) is 1.98. The number of benzene rings is 1. The number of nitrogens with one attached hydrogen (secondary N) is 1. The Hall–Kier alpha value is -2.30. The van der Waals surface area contributed by atoms with Gasteiger partial charge >= 0.3 is 6.01 Å². The van der Waals surface area contributed by atoms with Gasteiger partial charge in [-0.1, -0.05) is 30.2 Å². The van der Waals surface area contributed by atoms with E-state index < -0.39 is 0 Å². The summed E-state index contributed by atoms with van der Waals surface area (Å²) in [5, 5.41) is 12.1. The van der Waals surface area contributed by atoms with Crippen LogP contribution in [0, 0.1) is 0 Å². The lowest BCUT2D eigenvalue weighted by Gasteiger charge is -1.98. The van der Waals surface area contributed by atoms with Crippen molar-refractivity contribution in [2.24, 2.45) is 0 Å². The second-order valence-corrected chi connectivity index (χ2v) is 4.36. The Labute approximate surface area is 110 Å². The van der Waals surface area contributed by atoms with Crippen molar-refractivity contribution in [1.29, 1.82) is 0 Å². The predicted octanol–water partition coefficient (Wildman–Crippen LogP) is 3.38. The van der Waals surface area contributed by atoms with E-state index in [9.17, 15) is 0 Å². The van der Waals surface area contributed by atoms with Crippen molar-refractivity contribution < 1.29 is 8.83 Å². The van der Waals surface area contributed by atoms with Gasteiger partial charge in [0.2, 0.25) is 5.89 Å². The Kier molecular flexibility index (Phi) is 3.18. The number of rotatable bonds is 5. The Morgan fingerprint density at radius 1 is 1.21 bits per heavy atom. The molecule has 0 aliphatic carbocycles. The summed E-state index contributed by atoms with van der Waals surface area (Å²) in [4.78, 5) is 0. The van der Waals surface area contributed by atoms with Crippen LogP contribution in [0.5, 0.6) is 0 Å². The fourth-order valence-electron chi connectivity index (χ4n) is 1.98. The normalized spacial score (nSPS) is 11.0. The van der Waals surface area contributed by atoms with Gasteiger partial charge in [0.05, 0.1) is 6.26 Å². The summed E-state index contributed by atoms with van der Waals surface area (Å²) >= 11 is 0. The van der Waals surface area contributed by atoms with Crippen LogP contribution in [0.2, 0.25) is 0 Å². The van der Waals surface area contributed by atoms with Crippen LogP contribution in [0.3, 0.4) is 0 Å². The Morgan fingerprint density at radius 3 is 3.00 bits per heavy atom. The first-order valence-electron chi connectivity index (χ1n) is 6.38. The second-order valence-electron chi connectivity index (χ2n) is 4.36. The van der Waals surface area contributed by atoms with Gasteiger partial charge in [0.1, 0.15) is 5.58 Å². The number of aryl methyl sites for hydroxylation is 1. The van der Waals surface area contributed by atoms with Crippen molar-refractivity contribution in [2.45, 2.75) is 26.3 Å². The van der Waals surface area contributed by atoms with Crippen molar-refractivity contribution in [3.63, 3.8) is 0 Å². The summed E-state index contributed by atoms with van der Waals surface area (Å²) in [6.45, 7) is 2.68. The number of hydrogen-bond acceptors (Lipinski definition) is 5. The lowest BCUT2D eigenvalue weighted by molar-refractivity contribution is 0.501. The summed E-state index contributed by atoms with van der Waals surface area (Å²) in [6, 6.07) is 8.39. The minimum absolute atomic E-state index is 0.453. The van der Waals surface area contributed by atoms with Crippen molar-refractivity contribution >= 4 is 17.0 Å². The Morgan fingerprint density at radius 2 is 2.11 bits per heavy atom. The summed E-state index contributed by atoms with van der Waals surface area (Å²) < 4.78 is 10.9. The molecular weight excluding hydrogens is 242 g/mol. The highest BCUT2D eigenvalue weighted by Crippen LogP contribution is 2.21. The Bertz CT molecular complexity index is 672. The topological polar surface area (TPSA) is 64.1 Å². The van der Waals surface area contributed by atoms with Crippen LogP contribution in [-0.2, 0) is 13.0 Å². The SMILES string of the molecule is CCCc1nnc(NCc2coc3ccccc23)o1. The largest absolute Gasteiger partial charge is 0.464 e. The quantitative estimate of drug-likeness (QED) is 0.759. The van der Waals surface area contributed by atoms with Gasteiger partial charge in [-0.3, -0.25) is 0 Å². The van der Waals surface area contributed by atoms with Crippen molar-refractivity contribution in [2.75, 3.05) is 5.32 Å². The van der Waals surface area contributed by atoms with Crippen molar-refractivity contribution in [1.82, 2.24) is 10.2 Å². The van der Waals surface area contributed by atoms with Crippen LogP contribution in [-0.4, -0.2) is 10.2 Å². The number of nitrogens with zero attached hydrogens (tertiary/aromatic N) is 2. The number of aromatic nitrogens is 2. The van der Waals surface area contributed by atoms with Crippen LogP contribution in [0.25, 0.3) is 11.0 Å². The summed E-state index contributed by atoms with van der Waals surface area (Å²) in [5.41, 5.74) is 1.96. The predicted molar refractivity (Wildman–Crippen MR) is 71.8 cm³/mol. The lowest BCUT2D eigenvalue weighted by Crippen LogP contribution is -1.98. The van der Waals surface area contributed by atoms with Crippen LogP contribution in [0.15, 0.2) is 39.4 Å². The molecule has 2 heterocycles. The summed E-state index contributed by atoms with van der Waals surface area (Å²) in [6.07, 6.45) is 3.55. The highest BCUT2D eigenvalue weighted by molar-refractivity contribution is 5.80. The molecule has 0 amide bonds. The standard InChI is InChI=1S/C14H15N3O2/c1-2-5-13-16-17-14(19-13)15-8-10-9-18-12-7-4-3-6-11(10)12/h3-4,6-7,9H,2,5,8H2,1H3,(H,15,17). The van der Waals surface area contributed by atoms with E-state index in [1.165, 1.54) is 0 Å². The summed E-state index contributed by atoms with van der Waals surface area (Å²) in [7, 11) is 0. The average molecular weight is 257 g/mol. The molecule has 0 radical (unpaired) electrons. The zero-order valence-corrected chi connectivity index (χ0v) is 10.7. The van der Waals surface area contributed by atoms with Crippen LogP contribution >= 0.6 is 0 Å². The molecule has 0 saturated carbocycles. The van der Waals surface area contributed by atoms with E-state index in [-0.39, 0.29) is 0 Å². The molecule has 3 rings (SSSR count). The minimum atomic E-state index is 0.453. The zero-order chi connectivity index (χ0) is 13.1. The Balaban J connectivity index is 1.71. The molecule has 5 nitrogen and oxygen atoms in total. The van der Waals surface area contributed by atoms with Gasteiger partial charge in [-0.15, -0.1) is 5.10 Å². The number of furan rings is 1. The average Bonchev–Trinajstić information content (AvgIpc) is 3.04. The summed E-state index contributed by atoms with van der Waals surface area (Å²) in [5.74, 6) is 0.669. The third-order valence-electron chi connectivity index (χ3n) is 2.92. The molecule has 2 aromatic heterocycles. The van der Waals surface area contributed by atoms with E-state index in [0.717, 1.165) is 29.4 Å². The van der Waals surface area contributed by atoms with E-state index in [1.54, 1.807) is 6.26 Å². The molecule has 19 heavy (non-hydrogen) atoms. The molecule has 0 fully saturated rings. The molecule has 3 aromatic rings. The highest BCUT2D eigenvalue weighted by Gasteiger charge is 2.08. The molecule has 1 N–H and O–H groups in total. The van der Waals surface area contributed by atoms with E-state index in [0.29, 0.717) is 18.5 Å². The lowest BCUT2D eigenvalue weighted by atomic mass is 10.2. The zero-order valence-electron chi connectivity index (χ0n) is 10.7. The first-order chi connectivity index (χ1) is 9.36. The van der Waals surface area contributed by atoms with Crippen molar-refractivity contribution in [3.05, 3.63) is 42.0 Å². The number of anilines is 1. The van der Waals surface area contributed by atoms with E-state index in [4.69, 9.17) is 8.83 Å². The maximum absolute atomic E-state index is 5.47. The third-order valence-corrected chi connectivity index (χ3v) is 2.92. The van der Waals surface area contributed by atoms with E-state index in [2.05, 4.69) is 22.4 Å². The van der Waals surface area contributed by atoms with Gasteiger partial charge in [0, 0.05) is 23.9 Å². The van der Waals surface area contributed by atoms with E-state index in [1.807, 2.05) is 24.3 Å². The molecule has 0 saturated heterocycles. The third kappa shape index (κ3) is 2.45. The van der Waals surface area contributed by atoms with Gasteiger partial charge in [-0.25, -0.2) is 0 Å². The molecule has 0 unspecified atom stereocenters. The van der Waals surface area contributed by atoms with Gasteiger partial charge in [0.15, 0.2) is 0 Å². The van der Waals surface area contributed by atoms with Gasteiger partial charge in [-0.2, -0.15) is 0 Å². The monoisotopic (exact) mass is 257 g/mol. The van der Waals surface area contributed by atoms with Crippen LogP contribution in [0.1, 0.15) is 24.8 Å². The van der Waals surface area contributed by atoms with Crippen LogP contribution in [0.4, 0.5) is 6.01 Å². The maximum atomic E-state index is 5.47. The molecule has 0 bridgehead atoms. The smallest absolute Gasteiger partial charge is 0.315 e. The maximum Gasteiger partial charge on any atom is 0.315 e. The van der Waals surface area contributed by atoms with E-state index >= 15 is 0 Å². The number of fused-ring (bicyclic) bond motifs is 1. The molecule has 98 valence electrons. The fraction of sp³-hybridized carbons (Fsp3) is 0.286. The molecular formula is C14H15N3O2.